The predicted octanol–water partition coefficient (Wildman–Crippen LogP) is 13.7. The van der Waals surface area contributed by atoms with E-state index in [1.165, 1.54) is 16.7 Å². The van der Waals surface area contributed by atoms with E-state index in [2.05, 4.69) is 193 Å². The first-order valence-electron chi connectivity index (χ1n) is 20.0. The van der Waals surface area contributed by atoms with Crippen LogP contribution in [0.2, 0.25) is 0 Å². The monoisotopic (exact) mass is 752 g/mol. The van der Waals surface area contributed by atoms with Crippen LogP contribution in [0, 0.1) is 0 Å². The van der Waals surface area contributed by atoms with E-state index < -0.39 is 0 Å². The SMILES string of the molecule is c1ccc(-c2cc(-c3ccccc3)nc(-c3ccc(-c4cc(-c5nc(-c6ccccc6)c6c(n5)-c5ccccc5C6)cc(-c5cncc6ccccc56)c4)cc3)c2)cc1. The number of benzene rings is 7. The molecule has 0 saturated heterocycles. The zero-order valence-electron chi connectivity index (χ0n) is 32.1. The molecule has 276 valence electrons. The van der Waals surface area contributed by atoms with Crippen molar-refractivity contribution in [3.05, 3.63) is 218 Å². The lowest BCUT2D eigenvalue weighted by molar-refractivity contribution is 1.13. The Bertz CT molecular complexity index is 3100. The zero-order valence-corrected chi connectivity index (χ0v) is 32.1. The van der Waals surface area contributed by atoms with Gasteiger partial charge in [-0.15, -0.1) is 0 Å². The second-order valence-corrected chi connectivity index (χ2v) is 15.1. The first-order valence-corrected chi connectivity index (χ1v) is 20.0. The van der Waals surface area contributed by atoms with Crippen molar-refractivity contribution in [1.29, 1.82) is 0 Å². The molecule has 10 aromatic rings. The third-order valence-corrected chi connectivity index (χ3v) is 11.4. The highest BCUT2D eigenvalue weighted by Crippen LogP contribution is 2.42. The molecule has 3 heterocycles. The highest BCUT2D eigenvalue weighted by molar-refractivity contribution is 5.97. The summed E-state index contributed by atoms with van der Waals surface area (Å²) >= 11 is 0. The van der Waals surface area contributed by atoms with Crippen molar-refractivity contribution in [1.82, 2.24) is 19.9 Å². The van der Waals surface area contributed by atoms with Crippen LogP contribution in [0.15, 0.2) is 207 Å². The van der Waals surface area contributed by atoms with Gasteiger partial charge in [0.1, 0.15) is 0 Å². The molecule has 0 atom stereocenters. The first kappa shape index (κ1) is 34.4. The third kappa shape index (κ3) is 6.47. The molecule has 3 aromatic heterocycles. The van der Waals surface area contributed by atoms with Gasteiger partial charge in [-0.2, -0.15) is 0 Å². The molecule has 0 radical (unpaired) electrons. The van der Waals surface area contributed by atoms with E-state index in [0.717, 1.165) is 95.6 Å². The highest BCUT2D eigenvalue weighted by Gasteiger charge is 2.26. The zero-order chi connectivity index (χ0) is 39.1. The number of pyridine rings is 2. The molecule has 59 heavy (non-hydrogen) atoms. The van der Waals surface area contributed by atoms with Crippen LogP contribution in [0.3, 0.4) is 0 Å². The lowest BCUT2D eigenvalue weighted by Gasteiger charge is -2.15. The molecule has 0 bridgehead atoms. The van der Waals surface area contributed by atoms with Crippen LogP contribution in [0.25, 0.3) is 101 Å². The normalized spacial score (nSPS) is 11.7. The molecule has 4 nitrogen and oxygen atoms in total. The van der Waals surface area contributed by atoms with Gasteiger partial charge in [0.15, 0.2) is 5.82 Å². The molecule has 0 unspecified atom stereocenters. The van der Waals surface area contributed by atoms with E-state index in [0.29, 0.717) is 5.82 Å². The Labute approximate surface area is 343 Å². The summed E-state index contributed by atoms with van der Waals surface area (Å²) < 4.78 is 0. The van der Waals surface area contributed by atoms with Gasteiger partial charge < -0.3 is 0 Å². The molecule has 7 aromatic carbocycles. The van der Waals surface area contributed by atoms with Gasteiger partial charge >= 0.3 is 0 Å². The third-order valence-electron chi connectivity index (χ3n) is 11.4. The fourth-order valence-electron chi connectivity index (χ4n) is 8.43. The van der Waals surface area contributed by atoms with Crippen molar-refractivity contribution in [3.63, 3.8) is 0 Å². The minimum atomic E-state index is 0.697. The summed E-state index contributed by atoms with van der Waals surface area (Å²) in [5.74, 6) is 0.697. The van der Waals surface area contributed by atoms with Crippen molar-refractivity contribution < 1.29 is 0 Å². The maximum absolute atomic E-state index is 5.38. The van der Waals surface area contributed by atoms with E-state index in [-0.39, 0.29) is 0 Å². The van der Waals surface area contributed by atoms with E-state index in [1.807, 2.05) is 18.5 Å². The van der Waals surface area contributed by atoms with Crippen LogP contribution in [-0.4, -0.2) is 19.9 Å². The average molecular weight is 753 g/mol. The van der Waals surface area contributed by atoms with Crippen LogP contribution in [0.1, 0.15) is 11.1 Å². The number of rotatable bonds is 7. The fraction of sp³-hybridized carbons (Fsp3) is 0.0182. The van der Waals surface area contributed by atoms with Crippen molar-refractivity contribution >= 4 is 10.8 Å². The number of hydrogen-bond donors (Lipinski definition) is 0. The summed E-state index contributed by atoms with van der Waals surface area (Å²) in [5, 5.41) is 2.24. The van der Waals surface area contributed by atoms with E-state index >= 15 is 0 Å². The van der Waals surface area contributed by atoms with Crippen LogP contribution in [0.5, 0.6) is 0 Å². The summed E-state index contributed by atoms with van der Waals surface area (Å²) in [6, 6.07) is 68.3. The molecule has 0 amide bonds. The first-order chi connectivity index (χ1) is 29.2. The lowest BCUT2D eigenvalue weighted by Crippen LogP contribution is -2.00. The summed E-state index contributed by atoms with van der Waals surface area (Å²) in [6.45, 7) is 0. The quantitative estimate of drug-likeness (QED) is 0.163. The minimum Gasteiger partial charge on any atom is -0.263 e. The minimum absolute atomic E-state index is 0.697. The molecule has 1 aliphatic carbocycles. The summed E-state index contributed by atoms with van der Waals surface area (Å²) in [7, 11) is 0. The van der Waals surface area contributed by atoms with Crippen molar-refractivity contribution in [3.8, 4) is 89.8 Å². The van der Waals surface area contributed by atoms with Gasteiger partial charge in [-0.05, 0) is 69.1 Å². The fourth-order valence-corrected chi connectivity index (χ4v) is 8.43. The van der Waals surface area contributed by atoms with Gasteiger partial charge in [-0.25, -0.2) is 15.0 Å². The van der Waals surface area contributed by atoms with Gasteiger partial charge in [0.05, 0.1) is 22.8 Å². The number of fused-ring (bicyclic) bond motifs is 4. The van der Waals surface area contributed by atoms with E-state index in [4.69, 9.17) is 15.0 Å². The molecule has 0 fully saturated rings. The smallest absolute Gasteiger partial charge is 0.160 e. The van der Waals surface area contributed by atoms with Gasteiger partial charge in [0, 0.05) is 63.1 Å². The van der Waals surface area contributed by atoms with E-state index in [9.17, 15) is 0 Å². The predicted molar refractivity (Wildman–Crippen MR) is 241 cm³/mol. The summed E-state index contributed by atoms with van der Waals surface area (Å²) in [6.07, 6.45) is 4.71. The highest BCUT2D eigenvalue weighted by atomic mass is 14.9. The standard InChI is InChI=1S/C55H36N4/c1-4-14-36(15-5-1)44-32-51(38-16-6-2-7-17-38)57-52(33-44)39-26-24-37(25-27-39)43-28-45(50-35-56-34-42-21-11-12-22-47(42)50)30-46(29-43)55-58-53(40-18-8-3-9-19-40)49-31-41-20-10-13-23-48(41)54(49)59-55/h1-30,32-35H,31H2. The topological polar surface area (TPSA) is 51.6 Å². The van der Waals surface area contributed by atoms with Crippen LogP contribution < -0.4 is 0 Å². The maximum Gasteiger partial charge on any atom is 0.160 e. The molecular formula is C55H36N4. The second-order valence-electron chi connectivity index (χ2n) is 15.1. The Morgan fingerprint density at radius 1 is 0.339 bits per heavy atom. The second kappa shape index (κ2) is 14.6. The largest absolute Gasteiger partial charge is 0.263 e. The summed E-state index contributed by atoms with van der Waals surface area (Å²) in [4.78, 5) is 20.6. The van der Waals surface area contributed by atoms with Crippen molar-refractivity contribution in [2.45, 2.75) is 6.42 Å². The van der Waals surface area contributed by atoms with Gasteiger partial charge in [0.25, 0.3) is 0 Å². The molecule has 0 saturated carbocycles. The molecule has 0 N–H and O–H groups in total. The molecule has 4 heteroatoms. The Morgan fingerprint density at radius 3 is 1.64 bits per heavy atom. The van der Waals surface area contributed by atoms with Gasteiger partial charge in [-0.3, -0.25) is 4.98 Å². The Hall–Kier alpha value is -7.82. The Morgan fingerprint density at radius 2 is 0.881 bits per heavy atom. The molecular weight excluding hydrogens is 717 g/mol. The molecule has 11 rings (SSSR count). The number of aromatic nitrogens is 4. The number of nitrogens with zero attached hydrogens (tertiary/aromatic N) is 4. The number of hydrogen-bond acceptors (Lipinski definition) is 4. The van der Waals surface area contributed by atoms with Crippen LogP contribution >= 0.6 is 0 Å². The van der Waals surface area contributed by atoms with Crippen molar-refractivity contribution in [2.75, 3.05) is 0 Å². The lowest BCUT2D eigenvalue weighted by atomic mass is 9.93. The average Bonchev–Trinajstić information content (AvgIpc) is 3.70. The summed E-state index contributed by atoms with van der Waals surface area (Å²) in [5.41, 5.74) is 18.2. The van der Waals surface area contributed by atoms with Gasteiger partial charge in [0.2, 0.25) is 0 Å². The van der Waals surface area contributed by atoms with Crippen LogP contribution in [-0.2, 0) is 6.42 Å². The van der Waals surface area contributed by atoms with E-state index in [1.54, 1.807) is 0 Å². The molecule has 0 aliphatic heterocycles. The Kier molecular flexibility index (Phi) is 8.52. The van der Waals surface area contributed by atoms with Crippen molar-refractivity contribution in [2.24, 2.45) is 0 Å². The Balaban J connectivity index is 1.07. The maximum atomic E-state index is 5.38. The van der Waals surface area contributed by atoms with Gasteiger partial charge in [-0.1, -0.05) is 164 Å². The molecule has 0 spiro atoms. The van der Waals surface area contributed by atoms with Crippen LogP contribution in [0.4, 0.5) is 0 Å². The molecule has 1 aliphatic rings.